The topological polar surface area (TPSA) is 49.4 Å². The summed E-state index contributed by atoms with van der Waals surface area (Å²) in [7, 11) is 0. The number of anilines is 2. The fraction of sp³-hybridized carbons (Fsp3) is 0.154. The van der Waals surface area contributed by atoms with Crippen molar-refractivity contribution in [2.75, 3.05) is 10.2 Å². The number of nitrogens with one attached hydrogen (secondary N) is 1. The molecule has 0 radical (unpaired) electrons. The Hall–Kier alpha value is -3.23. The van der Waals surface area contributed by atoms with E-state index in [1.165, 1.54) is 0 Å². The largest absolute Gasteiger partial charge is 0.416 e. The Balaban J connectivity index is 1.81. The van der Waals surface area contributed by atoms with Gasteiger partial charge in [-0.25, -0.2) is 4.90 Å². The number of amides is 2. The lowest BCUT2D eigenvalue weighted by Crippen LogP contribution is -2.33. The van der Waals surface area contributed by atoms with Crippen molar-refractivity contribution in [3.63, 3.8) is 0 Å². The molecular formula is C26H20ClF3N2O2S. The molecule has 180 valence electrons. The van der Waals surface area contributed by atoms with E-state index in [-0.39, 0.29) is 21.3 Å². The standard InChI is InChI=1S/C26H20ClF3N2O2S/c1-3-16-6-4-5-7-20(16)31-22-23(35-18-11-8-15(2)9-12-18)25(34)32(24(22)33)21-14-17(26(28,29)30)10-13-19(21)27/h4-14,31H,3H2,1-2H3. The Kier molecular flexibility index (Phi) is 6.96. The van der Waals surface area contributed by atoms with Gasteiger partial charge in [-0.05, 0) is 55.3 Å². The van der Waals surface area contributed by atoms with Crippen LogP contribution in [-0.2, 0) is 22.2 Å². The van der Waals surface area contributed by atoms with Crippen LogP contribution in [0.15, 0.2) is 82.2 Å². The van der Waals surface area contributed by atoms with Gasteiger partial charge in [0.05, 0.1) is 16.3 Å². The Morgan fingerprint density at radius 2 is 1.66 bits per heavy atom. The van der Waals surface area contributed by atoms with Crippen LogP contribution in [0.2, 0.25) is 5.02 Å². The summed E-state index contributed by atoms with van der Waals surface area (Å²) in [4.78, 5) is 28.5. The number of halogens is 4. The molecule has 0 fully saturated rings. The van der Waals surface area contributed by atoms with E-state index < -0.39 is 23.6 Å². The van der Waals surface area contributed by atoms with Crippen LogP contribution >= 0.6 is 23.4 Å². The molecule has 0 aliphatic carbocycles. The van der Waals surface area contributed by atoms with Crippen molar-refractivity contribution in [2.45, 2.75) is 31.3 Å². The second-order valence-electron chi connectivity index (χ2n) is 7.86. The van der Waals surface area contributed by atoms with Crippen LogP contribution in [0.3, 0.4) is 0 Å². The number of benzene rings is 3. The van der Waals surface area contributed by atoms with Gasteiger partial charge in [0.1, 0.15) is 10.6 Å². The van der Waals surface area contributed by atoms with Crippen molar-refractivity contribution >= 4 is 46.6 Å². The zero-order valence-electron chi connectivity index (χ0n) is 18.7. The highest BCUT2D eigenvalue weighted by Gasteiger charge is 2.42. The monoisotopic (exact) mass is 516 g/mol. The fourth-order valence-corrected chi connectivity index (χ4v) is 4.73. The average molecular weight is 517 g/mol. The molecule has 1 N–H and O–H groups in total. The summed E-state index contributed by atoms with van der Waals surface area (Å²) in [5.41, 5.74) is 1.21. The van der Waals surface area contributed by atoms with E-state index in [1.54, 1.807) is 12.1 Å². The van der Waals surface area contributed by atoms with E-state index in [4.69, 9.17) is 11.6 Å². The van der Waals surface area contributed by atoms with Crippen LogP contribution in [-0.4, -0.2) is 11.8 Å². The van der Waals surface area contributed by atoms with Crippen LogP contribution in [0.1, 0.15) is 23.6 Å². The Bertz CT molecular complexity index is 1340. The van der Waals surface area contributed by atoms with Gasteiger partial charge in [0.25, 0.3) is 11.8 Å². The lowest BCUT2D eigenvalue weighted by atomic mass is 10.1. The molecule has 3 aromatic carbocycles. The molecule has 1 aliphatic rings. The minimum Gasteiger partial charge on any atom is -0.350 e. The van der Waals surface area contributed by atoms with Gasteiger partial charge in [-0.2, -0.15) is 13.2 Å². The summed E-state index contributed by atoms with van der Waals surface area (Å²) >= 11 is 7.25. The van der Waals surface area contributed by atoms with Gasteiger partial charge in [0.15, 0.2) is 0 Å². The van der Waals surface area contributed by atoms with Crippen LogP contribution in [0.5, 0.6) is 0 Å². The molecule has 0 spiro atoms. The molecule has 1 aliphatic heterocycles. The minimum absolute atomic E-state index is 0.0186. The van der Waals surface area contributed by atoms with Gasteiger partial charge < -0.3 is 5.32 Å². The van der Waals surface area contributed by atoms with Crippen molar-refractivity contribution in [1.29, 1.82) is 0 Å². The quantitative estimate of drug-likeness (QED) is 0.351. The Morgan fingerprint density at radius 1 is 0.971 bits per heavy atom. The van der Waals surface area contributed by atoms with E-state index >= 15 is 0 Å². The third-order valence-electron chi connectivity index (χ3n) is 5.45. The van der Waals surface area contributed by atoms with E-state index in [0.717, 1.165) is 41.1 Å². The number of hydrogen-bond donors (Lipinski definition) is 1. The SMILES string of the molecule is CCc1ccccc1NC1=C(Sc2ccc(C)cc2)C(=O)N(c2cc(C(F)(F)F)ccc2Cl)C1=O. The summed E-state index contributed by atoms with van der Waals surface area (Å²) in [6.45, 7) is 3.87. The van der Waals surface area contributed by atoms with Gasteiger partial charge in [-0.3, -0.25) is 9.59 Å². The summed E-state index contributed by atoms with van der Waals surface area (Å²) in [5, 5.41) is 2.92. The first-order valence-corrected chi connectivity index (χ1v) is 11.9. The zero-order valence-corrected chi connectivity index (χ0v) is 20.3. The predicted octanol–water partition coefficient (Wildman–Crippen LogP) is 7.22. The second kappa shape index (κ2) is 9.79. The molecule has 3 aromatic rings. The van der Waals surface area contributed by atoms with Crippen LogP contribution in [0, 0.1) is 6.92 Å². The predicted molar refractivity (Wildman–Crippen MR) is 132 cm³/mol. The number of alkyl halides is 3. The van der Waals surface area contributed by atoms with Gasteiger partial charge in [-0.15, -0.1) is 0 Å². The molecule has 9 heteroatoms. The lowest BCUT2D eigenvalue weighted by Gasteiger charge is -2.19. The Morgan fingerprint density at radius 3 is 2.31 bits per heavy atom. The summed E-state index contributed by atoms with van der Waals surface area (Å²) in [6.07, 6.45) is -4.00. The van der Waals surface area contributed by atoms with Crippen LogP contribution in [0.4, 0.5) is 24.5 Å². The zero-order chi connectivity index (χ0) is 25.3. The summed E-state index contributed by atoms with van der Waals surface area (Å²) in [6, 6.07) is 17.2. The highest BCUT2D eigenvalue weighted by Crippen LogP contribution is 2.42. The number of nitrogens with zero attached hydrogens (tertiary/aromatic N) is 1. The third-order valence-corrected chi connectivity index (χ3v) is 6.86. The second-order valence-corrected chi connectivity index (χ2v) is 9.36. The van der Waals surface area contributed by atoms with Crippen molar-refractivity contribution in [1.82, 2.24) is 0 Å². The van der Waals surface area contributed by atoms with E-state index in [0.29, 0.717) is 21.9 Å². The number of carbonyl (C=O) groups excluding carboxylic acids is 2. The maximum Gasteiger partial charge on any atom is 0.416 e. The molecule has 0 saturated heterocycles. The van der Waals surface area contributed by atoms with E-state index in [2.05, 4.69) is 5.32 Å². The number of rotatable bonds is 6. The van der Waals surface area contributed by atoms with Crippen molar-refractivity contribution in [3.05, 3.63) is 99.0 Å². The van der Waals surface area contributed by atoms with E-state index in [9.17, 15) is 22.8 Å². The number of para-hydroxylation sites is 1. The highest BCUT2D eigenvalue weighted by molar-refractivity contribution is 8.04. The van der Waals surface area contributed by atoms with E-state index in [1.807, 2.05) is 50.2 Å². The summed E-state index contributed by atoms with van der Waals surface area (Å²) < 4.78 is 40.1. The molecule has 0 bridgehead atoms. The highest BCUT2D eigenvalue weighted by atomic mass is 35.5. The first kappa shape index (κ1) is 24.9. The minimum atomic E-state index is -4.67. The fourth-order valence-electron chi connectivity index (χ4n) is 3.60. The lowest BCUT2D eigenvalue weighted by molar-refractivity contribution is -0.137. The first-order valence-electron chi connectivity index (χ1n) is 10.7. The first-order chi connectivity index (χ1) is 16.6. The molecule has 4 rings (SSSR count). The third kappa shape index (κ3) is 5.09. The van der Waals surface area contributed by atoms with Gasteiger partial charge in [-0.1, -0.05) is 66.2 Å². The molecule has 2 amide bonds. The number of aryl methyl sites for hydroxylation is 2. The Labute approximate surface area is 209 Å². The number of thioether (sulfide) groups is 1. The van der Waals surface area contributed by atoms with Crippen molar-refractivity contribution in [2.24, 2.45) is 0 Å². The smallest absolute Gasteiger partial charge is 0.350 e. The van der Waals surface area contributed by atoms with Crippen molar-refractivity contribution in [3.8, 4) is 0 Å². The molecule has 0 atom stereocenters. The molecule has 35 heavy (non-hydrogen) atoms. The normalized spacial score (nSPS) is 14.2. The van der Waals surface area contributed by atoms with Crippen molar-refractivity contribution < 1.29 is 22.8 Å². The molecule has 1 heterocycles. The molecule has 0 saturated carbocycles. The number of imide groups is 1. The van der Waals surface area contributed by atoms with Gasteiger partial charge in [0, 0.05) is 10.6 Å². The molecule has 0 unspecified atom stereocenters. The number of hydrogen-bond acceptors (Lipinski definition) is 4. The average Bonchev–Trinajstić information content (AvgIpc) is 3.04. The number of carbonyl (C=O) groups is 2. The molecule has 4 nitrogen and oxygen atoms in total. The van der Waals surface area contributed by atoms with Gasteiger partial charge in [0.2, 0.25) is 0 Å². The summed E-state index contributed by atoms with van der Waals surface area (Å²) in [5.74, 6) is -1.53. The van der Waals surface area contributed by atoms with Gasteiger partial charge >= 0.3 is 6.18 Å². The van der Waals surface area contributed by atoms with Crippen LogP contribution < -0.4 is 10.2 Å². The maximum absolute atomic E-state index is 13.5. The van der Waals surface area contributed by atoms with Crippen LogP contribution in [0.25, 0.3) is 0 Å². The molecule has 0 aromatic heterocycles. The molecular weight excluding hydrogens is 497 g/mol. The maximum atomic E-state index is 13.5.